The molecular weight excluding hydrogens is 248 g/mol. The molecule has 0 fully saturated rings. The Hall–Kier alpha value is -2.39. The molecule has 0 unspecified atom stereocenters. The highest BCUT2D eigenvalue weighted by atomic mass is 16.5. The van der Waals surface area contributed by atoms with Gasteiger partial charge in [0.05, 0.1) is 0 Å². The Labute approximate surface area is 118 Å². The van der Waals surface area contributed by atoms with Gasteiger partial charge in [-0.05, 0) is 24.6 Å². The van der Waals surface area contributed by atoms with Crippen molar-refractivity contribution in [3.8, 4) is 11.6 Å². The second-order valence-corrected chi connectivity index (χ2v) is 4.58. The number of hydrogen-bond donors (Lipinski definition) is 1. The average molecular weight is 264 g/mol. The maximum atomic E-state index is 6.02. The van der Waals surface area contributed by atoms with Gasteiger partial charge in [-0.3, -0.25) is 0 Å². The predicted octanol–water partition coefficient (Wildman–Crippen LogP) is 3.75. The van der Waals surface area contributed by atoms with E-state index in [0.29, 0.717) is 5.88 Å². The molecule has 1 N–H and O–H groups in total. The Morgan fingerprint density at radius 3 is 2.75 bits per heavy atom. The van der Waals surface area contributed by atoms with E-state index in [1.165, 1.54) is 0 Å². The topological polar surface area (TPSA) is 34.2 Å². The normalized spacial score (nSPS) is 10.7. The van der Waals surface area contributed by atoms with Crippen molar-refractivity contribution < 1.29 is 4.74 Å². The number of benzene rings is 2. The number of rotatable bonds is 4. The van der Waals surface area contributed by atoms with Crippen LogP contribution in [-0.4, -0.2) is 12.0 Å². The lowest BCUT2D eigenvalue weighted by atomic mass is 10.1. The molecule has 0 saturated carbocycles. The summed E-state index contributed by atoms with van der Waals surface area (Å²) in [4.78, 5) is 4.34. The maximum Gasteiger partial charge on any atom is 0.223 e. The number of hydrogen-bond acceptors (Lipinski definition) is 3. The zero-order chi connectivity index (χ0) is 13.8. The van der Waals surface area contributed by atoms with Crippen LogP contribution in [0.25, 0.3) is 10.8 Å². The van der Waals surface area contributed by atoms with Gasteiger partial charge in [0.15, 0.2) is 0 Å². The molecule has 0 bridgehead atoms. The number of nitrogens with one attached hydrogen (secondary N) is 1. The molecule has 2 aromatic carbocycles. The molecule has 20 heavy (non-hydrogen) atoms. The number of aromatic nitrogens is 1. The fourth-order valence-electron chi connectivity index (χ4n) is 2.23. The highest BCUT2D eigenvalue weighted by Gasteiger charge is 2.07. The first kappa shape index (κ1) is 12.6. The summed E-state index contributed by atoms with van der Waals surface area (Å²) < 4.78 is 6.02. The summed E-state index contributed by atoms with van der Waals surface area (Å²) in [6, 6.07) is 18.2. The largest absolute Gasteiger partial charge is 0.438 e. The van der Waals surface area contributed by atoms with E-state index >= 15 is 0 Å². The molecule has 0 spiro atoms. The molecule has 0 saturated heterocycles. The minimum absolute atomic E-state index is 0.651. The van der Waals surface area contributed by atoms with Crippen molar-refractivity contribution in [2.24, 2.45) is 0 Å². The molecule has 0 aliphatic rings. The van der Waals surface area contributed by atoms with Crippen molar-refractivity contribution in [2.75, 3.05) is 7.05 Å². The number of ether oxygens (including phenoxy) is 1. The third kappa shape index (κ3) is 2.49. The Balaban J connectivity index is 2.01. The molecular formula is C17H16N2O. The van der Waals surface area contributed by atoms with Crippen LogP contribution in [-0.2, 0) is 6.54 Å². The standard InChI is InChI=1S/C17H16N2O/c1-18-12-14-8-5-11-19-17(14)20-16-10-4-7-13-6-2-3-9-15(13)16/h2-11,18H,12H2,1H3. The van der Waals surface area contributed by atoms with Crippen LogP contribution in [0.15, 0.2) is 60.8 Å². The lowest BCUT2D eigenvalue weighted by molar-refractivity contribution is 0.459. The molecule has 3 aromatic rings. The molecule has 0 amide bonds. The molecule has 1 aromatic heterocycles. The highest BCUT2D eigenvalue weighted by molar-refractivity contribution is 5.88. The molecule has 1 heterocycles. The van der Waals surface area contributed by atoms with E-state index < -0.39 is 0 Å². The second-order valence-electron chi connectivity index (χ2n) is 4.58. The van der Waals surface area contributed by atoms with Gasteiger partial charge in [-0.15, -0.1) is 0 Å². The summed E-state index contributed by atoms with van der Waals surface area (Å²) in [7, 11) is 1.91. The average Bonchev–Trinajstić information content (AvgIpc) is 2.50. The minimum atomic E-state index is 0.651. The molecule has 0 aliphatic carbocycles. The maximum absolute atomic E-state index is 6.02. The van der Waals surface area contributed by atoms with E-state index in [1.54, 1.807) is 6.20 Å². The minimum Gasteiger partial charge on any atom is -0.438 e. The van der Waals surface area contributed by atoms with Crippen LogP contribution in [0.1, 0.15) is 5.56 Å². The quantitative estimate of drug-likeness (QED) is 0.779. The lowest BCUT2D eigenvalue weighted by Gasteiger charge is -2.11. The fourth-order valence-corrected chi connectivity index (χ4v) is 2.23. The van der Waals surface area contributed by atoms with Crippen molar-refractivity contribution in [3.63, 3.8) is 0 Å². The van der Waals surface area contributed by atoms with Crippen LogP contribution in [0.5, 0.6) is 11.6 Å². The molecule has 100 valence electrons. The molecule has 3 rings (SSSR count). The Kier molecular flexibility index (Phi) is 3.61. The lowest BCUT2D eigenvalue weighted by Crippen LogP contribution is -2.07. The van der Waals surface area contributed by atoms with Crippen LogP contribution in [0.2, 0.25) is 0 Å². The van der Waals surface area contributed by atoms with Crippen LogP contribution in [0.3, 0.4) is 0 Å². The van der Waals surface area contributed by atoms with Crippen molar-refractivity contribution >= 4 is 10.8 Å². The Bertz CT molecular complexity index is 720. The van der Waals surface area contributed by atoms with Gasteiger partial charge in [-0.25, -0.2) is 4.98 Å². The van der Waals surface area contributed by atoms with Crippen LogP contribution >= 0.6 is 0 Å². The third-order valence-electron chi connectivity index (χ3n) is 3.17. The summed E-state index contributed by atoms with van der Waals surface area (Å²) in [5, 5.41) is 5.38. The van der Waals surface area contributed by atoms with Gasteiger partial charge in [0.1, 0.15) is 5.75 Å². The van der Waals surface area contributed by atoms with Gasteiger partial charge in [0.2, 0.25) is 5.88 Å². The van der Waals surface area contributed by atoms with E-state index in [2.05, 4.69) is 28.5 Å². The zero-order valence-corrected chi connectivity index (χ0v) is 11.3. The SMILES string of the molecule is CNCc1cccnc1Oc1cccc2ccccc12. The monoisotopic (exact) mass is 264 g/mol. The summed E-state index contributed by atoms with van der Waals surface area (Å²) in [5.41, 5.74) is 1.04. The van der Waals surface area contributed by atoms with E-state index in [-0.39, 0.29) is 0 Å². The summed E-state index contributed by atoms with van der Waals surface area (Å²) >= 11 is 0. The van der Waals surface area contributed by atoms with E-state index in [9.17, 15) is 0 Å². The van der Waals surface area contributed by atoms with Gasteiger partial charge < -0.3 is 10.1 Å². The third-order valence-corrected chi connectivity index (χ3v) is 3.17. The predicted molar refractivity (Wildman–Crippen MR) is 81.0 cm³/mol. The molecule has 0 radical (unpaired) electrons. The van der Waals surface area contributed by atoms with Crippen molar-refractivity contribution in [1.29, 1.82) is 0 Å². The summed E-state index contributed by atoms with van der Waals surface area (Å²) in [6.07, 6.45) is 1.75. The van der Waals surface area contributed by atoms with Crippen LogP contribution in [0, 0.1) is 0 Å². The zero-order valence-electron chi connectivity index (χ0n) is 11.3. The van der Waals surface area contributed by atoms with E-state index in [4.69, 9.17) is 4.74 Å². The van der Waals surface area contributed by atoms with E-state index in [1.807, 2.05) is 43.4 Å². The van der Waals surface area contributed by atoms with Gasteiger partial charge >= 0.3 is 0 Å². The van der Waals surface area contributed by atoms with Crippen LogP contribution < -0.4 is 10.1 Å². The van der Waals surface area contributed by atoms with Crippen molar-refractivity contribution in [3.05, 3.63) is 66.4 Å². The van der Waals surface area contributed by atoms with Gasteiger partial charge in [0, 0.05) is 23.7 Å². The van der Waals surface area contributed by atoms with Crippen LogP contribution in [0.4, 0.5) is 0 Å². The Morgan fingerprint density at radius 2 is 1.85 bits per heavy atom. The van der Waals surface area contributed by atoms with Crippen molar-refractivity contribution in [2.45, 2.75) is 6.54 Å². The molecule has 3 nitrogen and oxygen atoms in total. The fraction of sp³-hybridized carbons (Fsp3) is 0.118. The smallest absolute Gasteiger partial charge is 0.223 e. The van der Waals surface area contributed by atoms with E-state index in [0.717, 1.165) is 28.6 Å². The first-order valence-corrected chi connectivity index (χ1v) is 6.62. The second kappa shape index (κ2) is 5.72. The van der Waals surface area contributed by atoms with Gasteiger partial charge in [-0.2, -0.15) is 0 Å². The van der Waals surface area contributed by atoms with Gasteiger partial charge in [0.25, 0.3) is 0 Å². The molecule has 0 atom stereocenters. The Morgan fingerprint density at radius 1 is 1.00 bits per heavy atom. The molecule has 3 heteroatoms. The summed E-state index contributed by atoms with van der Waals surface area (Å²) in [6.45, 7) is 0.730. The number of fused-ring (bicyclic) bond motifs is 1. The van der Waals surface area contributed by atoms with Crippen molar-refractivity contribution in [1.82, 2.24) is 10.3 Å². The summed E-state index contributed by atoms with van der Waals surface area (Å²) in [5.74, 6) is 1.48. The number of pyridine rings is 1. The first-order chi connectivity index (χ1) is 9.88. The first-order valence-electron chi connectivity index (χ1n) is 6.62. The number of nitrogens with zero attached hydrogens (tertiary/aromatic N) is 1. The highest BCUT2D eigenvalue weighted by Crippen LogP contribution is 2.30. The van der Waals surface area contributed by atoms with Gasteiger partial charge in [-0.1, -0.05) is 42.5 Å². The molecule has 0 aliphatic heterocycles.